The van der Waals surface area contributed by atoms with Crippen molar-refractivity contribution in [3.8, 4) is 11.8 Å². The van der Waals surface area contributed by atoms with Crippen molar-refractivity contribution >= 4 is 22.9 Å². The van der Waals surface area contributed by atoms with E-state index < -0.39 is 0 Å². The average Bonchev–Trinajstić information content (AvgIpc) is 3.02. The van der Waals surface area contributed by atoms with E-state index in [2.05, 4.69) is 22.3 Å². The molecule has 0 saturated carbocycles. The van der Waals surface area contributed by atoms with Gasteiger partial charge in [0, 0.05) is 18.8 Å². The molecule has 0 spiro atoms. The summed E-state index contributed by atoms with van der Waals surface area (Å²) in [5.41, 5.74) is 2.19. The van der Waals surface area contributed by atoms with Gasteiger partial charge in [-0.25, -0.2) is 0 Å². The highest BCUT2D eigenvalue weighted by atomic mass is 32.1. The number of carbonyl (C=O) groups excluding carboxylic acids is 1. The number of rotatable bonds is 3. The van der Waals surface area contributed by atoms with E-state index >= 15 is 0 Å². The molecule has 0 atom stereocenters. The number of nitrogens with one attached hydrogen (secondary N) is 1. The number of hydrogen-bond acceptors (Lipinski definition) is 4. The van der Waals surface area contributed by atoms with E-state index in [9.17, 15) is 4.79 Å². The molecule has 2 N–H and O–H groups in total. The van der Waals surface area contributed by atoms with Gasteiger partial charge in [-0.15, -0.1) is 11.3 Å². The Kier molecular flexibility index (Phi) is 4.56. The SMILES string of the molecule is CCc1nn(C)cc1NC(=O)c1sccc1C#CCO. The molecule has 0 unspecified atom stereocenters. The summed E-state index contributed by atoms with van der Waals surface area (Å²) in [7, 11) is 1.82. The van der Waals surface area contributed by atoms with Crippen molar-refractivity contribution < 1.29 is 9.90 Å². The third-order valence-corrected chi connectivity index (χ3v) is 3.58. The second-order valence-electron chi connectivity index (χ2n) is 4.09. The van der Waals surface area contributed by atoms with E-state index in [0.717, 1.165) is 17.8 Å². The van der Waals surface area contributed by atoms with Crippen molar-refractivity contribution in [3.05, 3.63) is 33.8 Å². The van der Waals surface area contributed by atoms with E-state index in [-0.39, 0.29) is 12.5 Å². The molecule has 6 heteroatoms. The van der Waals surface area contributed by atoms with Gasteiger partial charge in [0.25, 0.3) is 5.91 Å². The van der Waals surface area contributed by atoms with E-state index in [1.807, 2.05) is 14.0 Å². The van der Waals surface area contributed by atoms with Crippen LogP contribution in [0.4, 0.5) is 5.69 Å². The summed E-state index contributed by atoms with van der Waals surface area (Å²) in [5.74, 6) is 5.12. The van der Waals surface area contributed by atoms with Crippen LogP contribution in [0.15, 0.2) is 17.6 Å². The van der Waals surface area contributed by atoms with Gasteiger partial charge in [-0.1, -0.05) is 18.8 Å². The minimum Gasteiger partial charge on any atom is -0.384 e. The number of aryl methyl sites for hydroxylation is 2. The lowest BCUT2D eigenvalue weighted by molar-refractivity contribution is 0.103. The smallest absolute Gasteiger partial charge is 0.267 e. The molecule has 0 bridgehead atoms. The van der Waals surface area contributed by atoms with Crippen LogP contribution in [0.3, 0.4) is 0 Å². The molecule has 0 aliphatic carbocycles. The number of nitrogens with zero attached hydrogens (tertiary/aromatic N) is 2. The van der Waals surface area contributed by atoms with Crippen molar-refractivity contribution in [1.29, 1.82) is 0 Å². The molecule has 2 aromatic rings. The summed E-state index contributed by atoms with van der Waals surface area (Å²) in [4.78, 5) is 12.8. The van der Waals surface area contributed by atoms with Crippen LogP contribution < -0.4 is 5.32 Å². The van der Waals surface area contributed by atoms with Gasteiger partial charge in [-0.05, 0) is 17.9 Å². The molecule has 0 aliphatic rings. The molecule has 5 nitrogen and oxygen atoms in total. The van der Waals surface area contributed by atoms with Crippen LogP contribution in [0.25, 0.3) is 0 Å². The molecule has 0 saturated heterocycles. The van der Waals surface area contributed by atoms with Crippen LogP contribution in [-0.2, 0) is 13.5 Å². The van der Waals surface area contributed by atoms with Crippen molar-refractivity contribution in [1.82, 2.24) is 9.78 Å². The molecule has 20 heavy (non-hydrogen) atoms. The number of anilines is 1. The quantitative estimate of drug-likeness (QED) is 0.844. The molecule has 2 rings (SSSR count). The first-order valence-corrected chi connectivity index (χ1v) is 7.04. The van der Waals surface area contributed by atoms with Crippen molar-refractivity contribution in [2.75, 3.05) is 11.9 Å². The molecule has 2 heterocycles. The number of carbonyl (C=O) groups is 1. The lowest BCUT2D eigenvalue weighted by Gasteiger charge is -2.03. The maximum atomic E-state index is 12.3. The zero-order chi connectivity index (χ0) is 14.5. The Bertz CT molecular complexity index is 676. The van der Waals surface area contributed by atoms with Crippen LogP contribution in [0.1, 0.15) is 27.9 Å². The monoisotopic (exact) mass is 289 g/mol. The first-order valence-electron chi connectivity index (χ1n) is 6.16. The maximum Gasteiger partial charge on any atom is 0.267 e. The van der Waals surface area contributed by atoms with Gasteiger partial charge in [0.05, 0.1) is 11.4 Å². The summed E-state index contributed by atoms with van der Waals surface area (Å²) < 4.78 is 1.68. The Labute approximate surface area is 121 Å². The predicted octanol–water partition coefficient (Wildman–Crippen LogP) is 1.64. The number of aromatic nitrogens is 2. The number of aliphatic hydroxyl groups is 1. The molecule has 104 valence electrons. The molecular formula is C14H15N3O2S. The fraction of sp³-hybridized carbons (Fsp3) is 0.286. The summed E-state index contributed by atoms with van der Waals surface area (Å²) in [6.45, 7) is 1.76. The molecule has 0 aliphatic heterocycles. The lowest BCUT2D eigenvalue weighted by atomic mass is 10.2. The second-order valence-corrected chi connectivity index (χ2v) is 5.01. The minimum atomic E-state index is -0.223. The fourth-order valence-electron chi connectivity index (χ4n) is 1.80. The second kappa shape index (κ2) is 6.37. The van der Waals surface area contributed by atoms with Crippen LogP contribution in [0.2, 0.25) is 0 Å². The van der Waals surface area contributed by atoms with Crippen LogP contribution in [0, 0.1) is 11.8 Å². The normalized spacial score (nSPS) is 9.95. The van der Waals surface area contributed by atoms with Crippen LogP contribution >= 0.6 is 11.3 Å². The first kappa shape index (κ1) is 14.3. The van der Waals surface area contributed by atoms with Crippen molar-refractivity contribution in [2.45, 2.75) is 13.3 Å². The molecular weight excluding hydrogens is 274 g/mol. The van der Waals surface area contributed by atoms with E-state index in [0.29, 0.717) is 10.4 Å². The predicted molar refractivity (Wildman–Crippen MR) is 78.8 cm³/mol. The highest BCUT2D eigenvalue weighted by molar-refractivity contribution is 7.12. The Morgan fingerprint density at radius 3 is 3.10 bits per heavy atom. The summed E-state index contributed by atoms with van der Waals surface area (Å²) >= 11 is 1.32. The van der Waals surface area contributed by atoms with Gasteiger partial charge >= 0.3 is 0 Å². The first-order chi connectivity index (χ1) is 9.65. The molecule has 0 aromatic carbocycles. The van der Waals surface area contributed by atoms with Crippen molar-refractivity contribution in [3.63, 3.8) is 0 Å². The Morgan fingerprint density at radius 2 is 2.40 bits per heavy atom. The Balaban J connectivity index is 2.22. The van der Waals surface area contributed by atoms with Crippen molar-refractivity contribution in [2.24, 2.45) is 7.05 Å². The third kappa shape index (κ3) is 3.07. The maximum absolute atomic E-state index is 12.3. The van der Waals surface area contributed by atoms with E-state index in [1.165, 1.54) is 11.3 Å². The van der Waals surface area contributed by atoms with Gasteiger partial charge in [-0.3, -0.25) is 9.48 Å². The summed E-state index contributed by atoms with van der Waals surface area (Å²) in [6, 6.07) is 1.77. The van der Waals surface area contributed by atoms with Gasteiger partial charge in [0.1, 0.15) is 11.5 Å². The minimum absolute atomic E-state index is 0.204. The standard InChI is InChI=1S/C14H15N3O2S/c1-3-11-12(9-17(2)16-11)15-14(19)13-10(5-4-7-18)6-8-20-13/h6,8-9,18H,3,7H2,1-2H3,(H,15,19). The molecule has 1 amide bonds. The number of aliphatic hydroxyl groups excluding tert-OH is 1. The summed E-state index contributed by atoms with van der Waals surface area (Å²) in [6.07, 6.45) is 2.53. The number of amides is 1. The van der Waals surface area contributed by atoms with Crippen LogP contribution in [-0.4, -0.2) is 27.4 Å². The van der Waals surface area contributed by atoms with Gasteiger partial charge in [0.2, 0.25) is 0 Å². The zero-order valence-corrected chi connectivity index (χ0v) is 12.1. The zero-order valence-electron chi connectivity index (χ0n) is 11.3. The van der Waals surface area contributed by atoms with E-state index in [4.69, 9.17) is 5.11 Å². The lowest BCUT2D eigenvalue weighted by Crippen LogP contribution is -2.12. The topological polar surface area (TPSA) is 67.2 Å². The Morgan fingerprint density at radius 1 is 1.60 bits per heavy atom. The number of thiophene rings is 1. The van der Waals surface area contributed by atoms with Gasteiger partial charge < -0.3 is 10.4 Å². The molecule has 0 radical (unpaired) electrons. The fourth-order valence-corrected chi connectivity index (χ4v) is 2.54. The number of hydrogen-bond donors (Lipinski definition) is 2. The summed E-state index contributed by atoms with van der Waals surface area (Å²) in [5, 5.41) is 17.7. The average molecular weight is 289 g/mol. The largest absolute Gasteiger partial charge is 0.384 e. The van der Waals surface area contributed by atoms with Crippen LogP contribution in [0.5, 0.6) is 0 Å². The van der Waals surface area contributed by atoms with Gasteiger partial charge in [0.15, 0.2) is 0 Å². The van der Waals surface area contributed by atoms with E-state index in [1.54, 1.807) is 22.3 Å². The van der Waals surface area contributed by atoms with Gasteiger partial charge in [-0.2, -0.15) is 5.10 Å². The highest BCUT2D eigenvalue weighted by Gasteiger charge is 2.15. The molecule has 2 aromatic heterocycles. The Hall–Kier alpha value is -2.10. The highest BCUT2D eigenvalue weighted by Crippen LogP contribution is 2.20. The molecule has 0 fully saturated rings. The third-order valence-electron chi connectivity index (χ3n) is 2.66.